The summed E-state index contributed by atoms with van der Waals surface area (Å²) in [5.41, 5.74) is 0.351. The fraction of sp³-hybridized carbons (Fsp3) is 0.143. The van der Waals surface area contributed by atoms with Crippen molar-refractivity contribution in [3.63, 3.8) is 0 Å². The maximum Gasteiger partial charge on any atom is 0.164 e. The van der Waals surface area contributed by atoms with Crippen LogP contribution in [0.4, 0.5) is 5.69 Å². The second-order valence-corrected chi connectivity index (χ2v) is 3.53. The van der Waals surface area contributed by atoms with Gasteiger partial charge in [-0.2, -0.15) is 15.8 Å². The number of nitrogens with zero attached hydrogens (tertiary/aromatic N) is 3. The highest BCUT2D eigenvalue weighted by Crippen LogP contribution is 2.19. The first-order valence-electron chi connectivity index (χ1n) is 5.51. The zero-order chi connectivity index (χ0) is 14.3. The van der Waals surface area contributed by atoms with Crippen LogP contribution in [-0.4, -0.2) is 5.78 Å². The first kappa shape index (κ1) is 14.0. The van der Waals surface area contributed by atoms with E-state index in [0.29, 0.717) is 17.7 Å². The number of para-hydroxylation sites is 1. The molecule has 1 aromatic rings. The van der Waals surface area contributed by atoms with E-state index < -0.39 is 0 Å². The Morgan fingerprint density at radius 1 is 1.16 bits per heavy atom. The summed E-state index contributed by atoms with van der Waals surface area (Å²) in [4.78, 5) is 11.7. The minimum atomic E-state index is -0.318. The average molecular weight is 250 g/mol. The zero-order valence-corrected chi connectivity index (χ0v) is 10.3. The molecule has 5 nitrogen and oxygen atoms in total. The van der Waals surface area contributed by atoms with Gasteiger partial charge >= 0.3 is 0 Å². The van der Waals surface area contributed by atoms with E-state index in [4.69, 9.17) is 15.8 Å². The molecular formula is C14H10N4O. The van der Waals surface area contributed by atoms with Gasteiger partial charge in [0.15, 0.2) is 11.4 Å². The van der Waals surface area contributed by atoms with Crippen LogP contribution < -0.4 is 5.32 Å². The summed E-state index contributed by atoms with van der Waals surface area (Å²) in [5, 5.41) is 29.1. The number of rotatable bonds is 4. The third kappa shape index (κ3) is 3.19. The smallest absolute Gasteiger partial charge is 0.164 e. The molecule has 0 saturated heterocycles. The van der Waals surface area contributed by atoms with E-state index in [1.54, 1.807) is 49.4 Å². The number of hydrogen-bond donors (Lipinski definition) is 1. The van der Waals surface area contributed by atoms with Crippen molar-refractivity contribution in [1.82, 2.24) is 0 Å². The minimum absolute atomic E-state index is 0.0872. The van der Waals surface area contributed by atoms with Crippen LogP contribution in [0.25, 0.3) is 0 Å². The fourth-order valence-corrected chi connectivity index (χ4v) is 1.44. The van der Waals surface area contributed by atoms with Gasteiger partial charge in [-0.15, -0.1) is 0 Å². The van der Waals surface area contributed by atoms with Crippen LogP contribution in [0.15, 0.2) is 35.5 Å². The van der Waals surface area contributed by atoms with Crippen LogP contribution >= 0.6 is 0 Å². The van der Waals surface area contributed by atoms with Crippen molar-refractivity contribution >= 4 is 11.5 Å². The lowest BCUT2D eigenvalue weighted by Gasteiger charge is -2.09. The van der Waals surface area contributed by atoms with E-state index in [1.807, 2.05) is 0 Å². The second-order valence-electron chi connectivity index (χ2n) is 3.53. The van der Waals surface area contributed by atoms with Crippen molar-refractivity contribution in [3.05, 3.63) is 41.1 Å². The molecule has 0 radical (unpaired) electrons. The van der Waals surface area contributed by atoms with Crippen molar-refractivity contribution in [2.75, 3.05) is 5.32 Å². The molecule has 0 heterocycles. The molecule has 0 aliphatic heterocycles. The van der Waals surface area contributed by atoms with Crippen molar-refractivity contribution in [2.45, 2.75) is 13.3 Å². The van der Waals surface area contributed by atoms with Crippen LogP contribution in [0.3, 0.4) is 0 Å². The standard InChI is InChI=1S/C14H10N4O/c1-2-14(19)11-5-3-4-6-12(11)18-13(9-17)10(7-15)8-16/h3-6,18H,2H2,1H3. The number of nitrogens with one attached hydrogen (secondary N) is 1. The number of anilines is 1. The maximum atomic E-state index is 11.7. The molecule has 0 saturated carbocycles. The molecule has 19 heavy (non-hydrogen) atoms. The van der Waals surface area contributed by atoms with Gasteiger partial charge in [0.05, 0.1) is 0 Å². The van der Waals surface area contributed by atoms with E-state index in [0.717, 1.165) is 0 Å². The van der Waals surface area contributed by atoms with Crippen LogP contribution in [0, 0.1) is 34.0 Å². The van der Waals surface area contributed by atoms with E-state index in [1.165, 1.54) is 0 Å². The van der Waals surface area contributed by atoms with Crippen molar-refractivity contribution < 1.29 is 4.79 Å². The summed E-state index contributed by atoms with van der Waals surface area (Å²) in [5.74, 6) is -0.0872. The molecule has 0 spiro atoms. The Kier molecular flexibility index (Phi) is 4.84. The summed E-state index contributed by atoms with van der Waals surface area (Å²) in [6, 6.07) is 11.7. The lowest BCUT2D eigenvalue weighted by molar-refractivity contribution is 0.0989. The predicted molar refractivity (Wildman–Crippen MR) is 68.6 cm³/mol. The van der Waals surface area contributed by atoms with E-state index in [-0.39, 0.29) is 17.1 Å². The highest BCUT2D eigenvalue weighted by molar-refractivity contribution is 6.01. The Morgan fingerprint density at radius 3 is 2.32 bits per heavy atom. The predicted octanol–water partition coefficient (Wildman–Crippen LogP) is 2.52. The van der Waals surface area contributed by atoms with Crippen LogP contribution in [0.5, 0.6) is 0 Å². The van der Waals surface area contributed by atoms with Crippen molar-refractivity contribution in [1.29, 1.82) is 15.8 Å². The third-order valence-electron chi connectivity index (χ3n) is 2.39. The Morgan fingerprint density at radius 2 is 1.79 bits per heavy atom. The van der Waals surface area contributed by atoms with Gasteiger partial charge in [-0.1, -0.05) is 19.1 Å². The quantitative estimate of drug-likeness (QED) is 0.653. The van der Waals surface area contributed by atoms with Crippen molar-refractivity contribution in [2.24, 2.45) is 0 Å². The number of benzene rings is 1. The first-order valence-corrected chi connectivity index (χ1v) is 5.51. The van der Waals surface area contributed by atoms with E-state index in [9.17, 15) is 4.79 Å². The molecule has 1 aromatic carbocycles. The van der Waals surface area contributed by atoms with Crippen LogP contribution in [-0.2, 0) is 0 Å². The SMILES string of the molecule is CCC(=O)c1ccccc1NC(C#N)=C(C#N)C#N. The van der Waals surface area contributed by atoms with Crippen LogP contribution in [0.2, 0.25) is 0 Å². The number of hydrogen-bond acceptors (Lipinski definition) is 5. The molecule has 0 unspecified atom stereocenters. The van der Waals surface area contributed by atoms with Gasteiger partial charge in [-0.3, -0.25) is 4.79 Å². The first-order chi connectivity index (χ1) is 9.17. The summed E-state index contributed by atoms with van der Waals surface area (Å²) >= 11 is 0. The molecule has 5 heteroatoms. The molecular weight excluding hydrogens is 240 g/mol. The molecule has 0 aliphatic carbocycles. The molecule has 1 N–H and O–H groups in total. The monoisotopic (exact) mass is 250 g/mol. The van der Waals surface area contributed by atoms with Crippen LogP contribution in [0.1, 0.15) is 23.7 Å². The van der Waals surface area contributed by atoms with Gasteiger partial charge < -0.3 is 5.32 Å². The van der Waals surface area contributed by atoms with Gasteiger partial charge in [-0.05, 0) is 12.1 Å². The molecule has 0 aromatic heterocycles. The lowest BCUT2D eigenvalue weighted by Crippen LogP contribution is -2.06. The number of nitriles is 3. The summed E-state index contributed by atoms with van der Waals surface area (Å²) < 4.78 is 0. The zero-order valence-electron chi connectivity index (χ0n) is 10.3. The van der Waals surface area contributed by atoms with Gasteiger partial charge in [0.1, 0.15) is 23.9 Å². The topological polar surface area (TPSA) is 100 Å². The lowest BCUT2D eigenvalue weighted by atomic mass is 10.1. The van der Waals surface area contributed by atoms with Crippen molar-refractivity contribution in [3.8, 4) is 18.2 Å². The normalized spacial score (nSPS) is 8.53. The second kappa shape index (κ2) is 6.59. The Labute approximate surface area is 111 Å². The Balaban J connectivity index is 3.25. The van der Waals surface area contributed by atoms with Gasteiger partial charge in [-0.25, -0.2) is 0 Å². The molecule has 92 valence electrons. The number of Topliss-reactive ketones (excluding diaryl/α,β-unsaturated/α-hetero) is 1. The molecule has 0 aliphatic rings. The number of carbonyl (C=O) groups is 1. The maximum absolute atomic E-state index is 11.7. The fourth-order valence-electron chi connectivity index (χ4n) is 1.44. The number of ketones is 1. The Bertz CT molecular complexity index is 637. The molecule has 0 fully saturated rings. The molecule has 0 atom stereocenters. The molecule has 1 rings (SSSR count). The average Bonchev–Trinajstić information content (AvgIpc) is 2.47. The summed E-state index contributed by atoms with van der Waals surface area (Å²) in [6.07, 6.45) is 0.327. The Hall–Kier alpha value is -3.10. The molecule has 0 amide bonds. The summed E-state index contributed by atoms with van der Waals surface area (Å²) in [6.45, 7) is 1.73. The number of allylic oxidation sites excluding steroid dienone is 2. The van der Waals surface area contributed by atoms with Gasteiger partial charge in [0, 0.05) is 17.7 Å². The highest BCUT2D eigenvalue weighted by atomic mass is 16.1. The van der Waals surface area contributed by atoms with E-state index >= 15 is 0 Å². The largest absolute Gasteiger partial charge is 0.345 e. The van der Waals surface area contributed by atoms with Gasteiger partial charge in [0.25, 0.3) is 0 Å². The third-order valence-corrected chi connectivity index (χ3v) is 2.39. The number of carbonyl (C=O) groups excluding carboxylic acids is 1. The molecule has 0 bridgehead atoms. The highest BCUT2D eigenvalue weighted by Gasteiger charge is 2.12. The van der Waals surface area contributed by atoms with Gasteiger partial charge in [0.2, 0.25) is 0 Å². The van der Waals surface area contributed by atoms with E-state index in [2.05, 4.69) is 5.32 Å². The summed E-state index contributed by atoms with van der Waals surface area (Å²) in [7, 11) is 0. The minimum Gasteiger partial charge on any atom is -0.345 e.